The first-order chi connectivity index (χ1) is 5.09. The summed E-state index contributed by atoms with van der Waals surface area (Å²) in [5.41, 5.74) is 4.96. The van der Waals surface area contributed by atoms with Crippen molar-refractivity contribution in [1.82, 2.24) is 4.98 Å². The SMILES string of the molecule is Nc1cc(C(F)F)cc(Cl)n1. The fourth-order valence-corrected chi connectivity index (χ4v) is 0.887. The standard InChI is InChI=1S/C6H5ClF2N2/c7-4-1-3(6(8)9)2-5(10)11-4/h1-2,6H,(H2,10,11). The predicted octanol–water partition coefficient (Wildman–Crippen LogP) is 2.25. The van der Waals surface area contributed by atoms with Gasteiger partial charge in [0.25, 0.3) is 6.43 Å². The average Bonchev–Trinajstić information content (AvgIpc) is 1.85. The average molecular weight is 179 g/mol. The third kappa shape index (κ3) is 2.01. The molecule has 0 unspecified atom stereocenters. The van der Waals surface area contributed by atoms with E-state index in [0.717, 1.165) is 12.1 Å². The highest BCUT2D eigenvalue weighted by molar-refractivity contribution is 6.29. The second-order valence-electron chi connectivity index (χ2n) is 1.95. The van der Waals surface area contributed by atoms with Crippen molar-refractivity contribution in [3.63, 3.8) is 0 Å². The van der Waals surface area contributed by atoms with E-state index in [1.54, 1.807) is 0 Å². The summed E-state index contributed by atoms with van der Waals surface area (Å²) < 4.78 is 24.0. The molecule has 1 aromatic heterocycles. The summed E-state index contributed by atoms with van der Waals surface area (Å²) in [6, 6.07) is 2.18. The second-order valence-corrected chi connectivity index (χ2v) is 2.34. The zero-order valence-corrected chi connectivity index (χ0v) is 6.15. The first kappa shape index (κ1) is 8.20. The zero-order valence-electron chi connectivity index (χ0n) is 5.39. The van der Waals surface area contributed by atoms with Gasteiger partial charge < -0.3 is 5.73 Å². The van der Waals surface area contributed by atoms with E-state index in [1.165, 1.54) is 0 Å². The van der Waals surface area contributed by atoms with Gasteiger partial charge in [0.05, 0.1) is 0 Å². The lowest BCUT2D eigenvalue weighted by Gasteiger charge is -2.00. The molecular weight excluding hydrogens is 174 g/mol. The van der Waals surface area contributed by atoms with E-state index in [1.807, 2.05) is 0 Å². The smallest absolute Gasteiger partial charge is 0.264 e. The third-order valence-corrected chi connectivity index (χ3v) is 1.28. The van der Waals surface area contributed by atoms with E-state index in [9.17, 15) is 8.78 Å². The van der Waals surface area contributed by atoms with Crippen LogP contribution in [0.25, 0.3) is 0 Å². The van der Waals surface area contributed by atoms with Gasteiger partial charge in [-0.2, -0.15) is 0 Å². The fourth-order valence-electron chi connectivity index (χ4n) is 0.664. The number of rotatable bonds is 1. The summed E-state index contributed by atoms with van der Waals surface area (Å²) in [6.45, 7) is 0. The number of anilines is 1. The first-order valence-corrected chi connectivity index (χ1v) is 3.18. The molecule has 0 saturated carbocycles. The third-order valence-electron chi connectivity index (χ3n) is 1.09. The highest BCUT2D eigenvalue weighted by Crippen LogP contribution is 2.22. The Bertz CT molecular complexity index is 245. The summed E-state index contributed by atoms with van der Waals surface area (Å²) in [7, 11) is 0. The van der Waals surface area contributed by atoms with Gasteiger partial charge in [0.15, 0.2) is 0 Å². The summed E-state index contributed by atoms with van der Waals surface area (Å²) in [4.78, 5) is 3.53. The van der Waals surface area contributed by atoms with E-state index in [2.05, 4.69) is 4.98 Å². The van der Waals surface area contributed by atoms with Crippen molar-refractivity contribution in [1.29, 1.82) is 0 Å². The van der Waals surface area contributed by atoms with Crippen LogP contribution < -0.4 is 5.73 Å². The van der Waals surface area contributed by atoms with Gasteiger partial charge in [-0.05, 0) is 12.1 Å². The Kier molecular flexibility index (Phi) is 2.24. The minimum Gasteiger partial charge on any atom is -0.384 e. The molecule has 2 N–H and O–H groups in total. The lowest BCUT2D eigenvalue weighted by Crippen LogP contribution is -1.93. The number of nitrogen functional groups attached to an aromatic ring is 1. The molecule has 1 rings (SSSR count). The summed E-state index contributed by atoms with van der Waals surface area (Å²) in [6.07, 6.45) is -2.56. The molecule has 0 bridgehead atoms. The molecule has 0 radical (unpaired) electrons. The maximum Gasteiger partial charge on any atom is 0.264 e. The van der Waals surface area contributed by atoms with Crippen LogP contribution in [0.3, 0.4) is 0 Å². The lowest BCUT2D eigenvalue weighted by molar-refractivity contribution is 0.151. The Morgan fingerprint density at radius 3 is 2.55 bits per heavy atom. The maximum absolute atomic E-state index is 12.0. The van der Waals surface area contributed by atoms with Gasteiger partial charge in [-0.25, -0.2) is 13.8 Å². The van der Waals surface area contributed by atoms with Gasteiger partial charge in [0.2, 0.25) is 0 Å². The molecule has 0 aromatic carbocycles. The summed E-state index contributed by atoms with van der Waals surface area (Å²) in [5, 5.41) is -0.0136. The number of nitrogens with zero attached hydrogens (tertiary/aromatic N) is 1. The van der Waals surface area contributed by atoms with Gasteiger partial charge >= 0.3 is 0 Å². The molecule has 1 heterocycles. The van der Waals surface area contributed by atoms with Crippen molar-refractivity contribution in [3.05, 3.63) is 22.8 Å². The normalized spacial score (nSPS) is 10.5. The molecule has 60 valence electrons. The predicted molar refractivity (Wildman–Crippen MR) is 38.6 cm³/mol. The van der Waals surface area contributed by atoms with Gasteiger partial charge in [-0.15, -0.1) is 0 Å². The number of nitrogens with two attached hydrogens (primary N) is 1. The minimum atomic E-state index is -2.56. The molecule has 0 aliphatic carbocycles. The fraction of sp³-hybridized carbons (Fsp3) is 0.167. The van der Waals surface area contributed by atoms with Gasteiger partial charge in [-0.3, -0.25) is 0 Å². The van der Waals surface area contributed by atoms with Crippen molar-refractivity contribution in [2.75, 3.05) is 5.73 Å². The minimum absolute atomic E-state index is 0.00722. The van der Waals surface area contributed by atoms with Crippen molar-refractivity contribution in [2.24, 2.45) is 0 Å². The number of alkyl halides is 2. The highest BCUT2D eigenvalue weighted by Gasteiger charge is 2.08. The molecule has 0 amide bonds. The monoisotopic (exact) mass is 178 g/mol. The Morgan fingerprint density at radius 1 is 1.45 bits per heavy atom. The van der Waals surface area contributed by atoms with E-state index in [0.29, 0.717) is 0 Å². The Morgan fingerprint density at radius 2 is 2.09 bits per heavy atom. The van der Waals surface area contributed by atoms with Crippen LogP contribution in [0.15, 0.2) is 12.1 Å². The molecule has 0 aliphatic heterocycles. The van der Waals surface area contributed by atoms with Crippen LogP contribution in [0.5, 0.6) is 0 Å². The number of aromatic nitrogens is 1. The van der Waals surface area contributed by atoms with Crippen LogP contribution in [-0.2, 0) is 0 Å². The number of hydrogen-bond donors (Lipinski definition) is 1. The van der Waals surface area contributed by atoms with Crippen LogP contribution in [0.2, 0.25) is 5.15 Å². The number of pyridine rings is 1. The van der Waals surface area contributed by atoms with Crippen molar-refractivity contribution in [2.45, 2.75) is 6.43 Å². The molecule has 0 spiro atoms. The molecular formula is C6H5ClF2N2. The molecule has 0 atom stereocenters. The molecule has 5 heteroatoms. The summed E-state index contributed by atoms with van der Waals surface area (Å²) >= 11 is 5.37. The van der Waals surface area contributed by atoms with Crippen LogP contribution >= 0.6 is 11.6 Å². The number of hydrogen-bond acceptors (Lipinski definition) is 2. The largest absolute Gasteiger partial charge is 0.384 e. The summed E-state index contributed by atoms with van der Waals surface area (Å²) in [5.74, 6) is 0.00722. The highest BCUT2D eigenvalue weighted by atomic mass is 35.5. The van der Waals surface area contributed by atoms with Gasteiger partial charge in [0, 0.05) is 5.56 Å². The van der Waals surface area contributed by atoms with E-state index in [-0.39, 0.29) is 16.5 Å². The first-order valence-electron chi connectivity index (χ1n) is 2.80. The number of halogens is 3. The molecule has 2 nitrogen and oxygen atoms in total. The quantitative estimate of drug-likeness (QED) is 0.670. The molecule has 0 saturated heterocycles. The zero-order chi connectivity index (χ0) is 8.43. The van der Waals surface area contributed by atoms with E-state index < -0.39 is 6.43 Å². The Hall–Kier alpha value is -0.900. The molecule has 11 heavy (non-hydrogen) atoms. The molecule has 1 aromatic rings. The topological polar surface area (TPSA) is 38.9 Å². The van der Waals surface area contributed by atoms with Crippen molar-refractivity contribution in [3.8, 4) is 0 Å². The van der Waals surface area contributed by atoms with Gasteiger partial charge in [-0.1, -0.05) is 11.6 Å². The molecule has 0 aliphatic rings. The maximum atomic E-state index is 12.0. The Balaban J connectivity index is 3.08. The molecule has 0 fully saturated rings. The van der Waals surface area contributed by atoms with E-state index >= 15 is 0 Å². The van der Waals surface area contributed by atoms with Crippen LogP contribution in [0, 0.1) is 0 Å². The van der Waals surface area contributed by atoms with Crippen LogP contribution in [-0.4, -0.2) is 4.98 Å². The lowest BCUT2D eigenvalue weighted by atomic mass is 10.3. The van der Waals surface area contributed by atoms with E-state index in [4.69, 9.17) is 17.3 Å². The van der Waals surface area contributed by atoms with Crippen molar-refractivity contribution < 1.29 is 8.78 Å². The van der Waals surface area contributed by atoms with Crippen molar-refractivity contribution >= 4 is 17.4 Å². The Labute approximate surface area is 67.0 Å². The van der Waals surface area contributed by atoms with Crippen LogP contribution in [0.1, 0.15) is 12.0 Å². The van der Waals surface area contributed by atoms with Gasteiger partial charge in [0.1, 0.15) is 11.0 Å². The second kappa shape index (κ2) is 3.00. The van der Waals surface area contributed by atoms with Crippen LogP contribution in [0.4, 0.5) is 14.6 Å².